The molecule has 4 heteroatoms. The third kappa shape index (κ3) is 2.15. The Morgan fingerprint density at radius 2 is 1.71 bits per heavy atom. The van der Waals surface area contributed by atoms with E-state index in [0.29, 0.717) is 5.56 Å². The number of anilines is 1. The molecular formula is C17H14N4. The molecule has 21 heavy (non-hydrogen) atoms. The van der Waals surface area contributed by atoms with Gasteiger partial charge in [-0.3, -0.25) is 0 Å². The second-order valence-electron chi connectivity index (χ2n) is 4.78. The van der Waals surface area contributed by atoms with Crippen molar-refractivity contribution in [1.82, 2.24) is 9.78 Å². The predicted octanol–water partition coefficient (Wildman–Crippen LogP) is 3.30. The van der Waals surface area contributed by atoms with Gasteiger partial charge in [-0.25, -0.2) is 4.68 Å². The first kappa shape index (κ1) is 12.9. The minimum absolute atomic E-state index is 0.250. The van der Waals surface area contributed by atoms with Crippen molar-refractivity contribution in [3.8, 4) is 23.0 Å². The van der Waals surface area contributed by atoms with Crippen LogP contribution in [-0.2, 0) is 0 Å². The van der Waals surface area contributed by atoms with Crippen LogP contribution in [0.5, 0.6) is 0 Å². The minimum atomic E-state index is 0.250. The van der Waals surface area contributed by atoms with Crippen LogP contribution in [0.2, 0.25) is 0 Å². The third-order valence-corrected chi connectivity index (χ3v) is 3.43. The van der Waals surface area contributed by atoms with E-state index in [0.717, 1.165) is 22.5 Å². The van der Waals surface area contributed by atoms with Crippen LogP contribution < -0.4 is 5.73 Å². The number of rotatable bonds is 2. The fourth-order valence-electron chi connectivity index (χ4n) is 2.39. The number of aryl methyl sites for hydroxylation is 1. The smallest absolute Gasteiger partial charge is 0.164 e. The minimum Gasteiger partial charge on any atom is -0.381 e. The highest BCUT2D eigenvalue weighted by molar-refractivity contribution is 5.76. The molecule has 2 N–H and O–H groups in total. The van der Waals surface area contributed by atoms with Gasteiger partial charge in [0, 0.05) is 5.56 Å². The Labute approximate surface area is 123 Å². The monoisotopic (exact) mass is 274 g/mol. The Hall–Kier alpha value is -3.06. The molecule has 0 bridgehead atoms. The van der Waals surface area contributed by atoms with E-state index in [4.69, 9.17) is 5.73 Å². The van der Waals surface area contributed by atoms with Gasteiger partial charge in [-0.2, -0.15) is 5.26 Å². The van der Waals surface area contributed by atoms with E-state index >= 15 is 0 Å². The largest absolute Gasteiger partial charge is 0.381 e. The molecule has 0 unspecified atom stereocenters. The third-order valence-electron chi connectivity index (χ3n) is 3.43. The van der Waals surface area contributed by atoms with E-state index in [9.17, 15) is 5.26 Å². The normalized spacial score (nSPS) is 10.3. The van der Waals surface area contributed by atoms with Crippen LogP contribution in [0.4, 0.5) is 5.82 Å². The van der Waals surface area contributed by atoms with Crippen molar-refractivity contribution in [3.05, 3.63) is 65.7 Å². The number of nitrogens with zero attached hydrogens (tertiary/aromatic N) is 3. The van der Waals surface area contributed by atoms with Gasteiger partial charge in [-0.1, -0.05) is 42.5 Å². The van der Waals surface area contributed by atoms with Gasteiger partial charge < -0.3 is 5.73 Å². The Bertz CT molecular complexity index is 826. The van der Waals surface area contributed by atoms with E-state index < -0.39 is 0 Å². The van der Waals surface area contributed by atoms with Gasteiger partial charge in [-0.15, -0.1) is 5.10 Å². The molecular weight excluding hydrogens is 260 g/mol. The maximum atomic E-state index is 9.43. The molecule has 4 nitrogen and oxygen atoms in total. The molecule has 0 aliphatic rings. The summed E-state index contributed by atoms with van der Waals surface area (Å²) in [5.74, 6) is 0.250. The summed E-state index contributed by atoms with van der Waals surface area (Å²) >= 11 is 0. The summed E-state index contributed by atoms with van der Waals surface area (Å²) < 4.78 is 1.73. The lowest BCUT2D eigenvalue weighted by Crippen LogP contribution is -2.00. The Kier molecular flexibility index (Phi) is 3.17. The summed E-state index contributed by atoms with van der Waals surface area (Å²) in [6.45, 7) is 2.01. The van der Waals surface area contributed by atoms with Crippen molar-refractivity contribution in [1.29, 1.82) is 5.26 Å². The molecule has 0 atom stereocenters. The average molecular weight is 274 g/mol. The Balaban J connectivity index is 2.34. The molecule has 3 rings (SSSR count). The molecule has 0 amide bonds. The topological polar surface area (TPSA) is 67.6 Å². The summed E-state index contributed by atoms with van der Waals surface area (Å²) in [7, 11) is 0. The van der Waals surface area contributed by atoms with Crippen molar-refractivity contribution in [2.45, 2.75) is 6.92 Å². The molecule has 0 aliphatic heterocycles. The first-order valence-electron chi connectivity index (χ1n) is 6.62. The average Bonchev–Trinajstić information content (AvgIpc) is 2.85. The Morgan fingerprint density at radius 1 is 1.05 bits per heavy atom. The van der Waals surface area contributed by atoms with Crippen LogP contribution >= 0.6 is 0 Å². The Morgan fingerprint density at radius 3 is 2.38 bits per heavy atom. The lowest BCUT2D eigenvalue weighted by Gasteiger charge is -2.10. The number of nitriles is 1. The standard InChI is InChI=1S/C17H14N4/c1-12-7-5-6-10-14(12)16-15(11-18)17(19)20-21(16)13-8-3-2-4-9-13/h2-10H,1H3,(H2,19,20). The lowest BCUT2D eigenvalue weighted by atomic mass is 10.0. The molecule has 0 aliphatic carbocycles. The van der Waals surface area contributed by atoms with Crippen molar-refractivity contribution in [2.24, 2.45) is 0 Å². The fraction of sp³-hybridized carbons (Fsp3) is 0.0588. The summed E-state index contributed by atoms with van der Waals surface area (Å²) in [5, 5.41) is 13.8. The van der Waals surface area contributed by atoms with Crippen molar-refractivity contribution < 1.29 is 0 Å². The van der Waals surface area contributed by atoms with Crippen LogP contribution in [-0.4, -0.2) is 9.78 Å². The zero-order valence-electron chi connectivity index (χ0n) is 11.6. The first-order valence-corrected chi connectivity index (χ1v) is 6.62. The predicted molar refractivity (Wildman–Crippen MR) is 82.9 cm³/mol. The van der Waals surface area contributed by atoms with E-state index in [1.807, 2.05) is 61.5 Å². The van der Waals surface area contributed by atoms with Crippen molar-refractivity contribution in [2.75, 3.05) is 5.73 Å². The second kappa shape index (κ2) is 5.14. The number of nitrogens with two attached hydrogens (primary N) is 1. The van der Waals surface area contributed by atoms with Crippen LogP contribution in [0.25, 0.3) is 16.9 Å². The van der Waals surface area contributed by atoms with E-state index in [2.05, 4.69) is 11.2 Å². The molecule has 2 aromatic carbocycles. The lowest BCUT2D eigenvalue weighted by molar-refractivity contribution is 0.892. The number of hydrogen-bond donors (Lipinski definition) is 1. The molecule has 1 heterocycles. The number of nitrogen functional groups attached to an aromatic ring is 1. The highest BCUT2D eigenvalue weighted by Gasteiger charge is 2.19. The summed E-state index contributed by atoms with van der Waals surface area (Å²) in [6.07, 6.45) is 0. The van der Waals surface area contributed by atoms with Gasteiger partial charge in [-0.05, 0) is 24.6 Å². The van der Waals surface area contributed by atoms with Gasteiger partial charge in [0.15, 0.2) is 5.82 Å². The van der Waals surface area contributed by atoms with Gasteiger partial charge in [0.25, 0.3) is 0 Å². The first-order chi connectivity index (χ1) is 10.2. The zero-order valence-corrected chi connectivity index (χ0v) is 11.6. The highest BCUT2D eigenvalue weighted by Crippen LogP contribution is 2.31. The second-order valence-corrected chi connectivity index (χ2v) is 4.78. The fourth-order valence-corrected chi connectivity index (χ4v) is 2.39. The summed E-state index contributed by atoms with van der Waals surface area (Å²) in [6, 6.07) is 19.8. The van der Waals surface area contributed by atoms with Crippen LogP contribution in [0.1, 0.15) is 11.1 Å². The van der Waals surface area contributed by atoms with Crippen molar-refractivity contribution >= 4 is 5.82 Å². The quantitative estimate of drug-likeness (QED) is 0.779. The molecule has 0 fully saturated rings. The molecule has 0 saturated heterocycles. The van der Waals surface area contributed by atoms with Gasteiger partial charge in [0.1, 0.15) is 11.6 Å². The molecule has 0 radical (unpaired) electrons. The van der Waals surface area contributed by atoms with Gasteiger partial charge in [0.2, 0.25) is 0 Å². The van der Waals surface area contributed by atoms with Gasteiger partial charge >= 0.3 is 0 Å². The summed E-state index contributed by atoms with van der Waals surface area (Å²) in [4.78, 5) is 0. The molecule has 102 valence electrons. The van der Waals surface area contributed by atoms with E-state index in [1.54, 1.807) is 4.68 Å². The molecule has 1 aromatic heterocycles. The molecule has 3 aromatic rings. The highest BCUT2D eigenvalue weighted by atomic mass is 15.3. The van der Waals surface area contributed by atoms with E-state index in [1.165, 1.54) is 0 Å². The van der Waals surface area contributed by atoms with Crippen LogP contribution in [0, 0.1) is 18.3 Å². The van der Waals surface area contributed by atoms with Crippen LogP contribution in [0.3, 0.4) is 0 Å². The number of aromatic nitrogens is 2. The van der Waals surface area contributed by atoms with Gasteiger partial charge in [0.05, 0.1) is 11.4 Å². The SMILES string of the molecule is Cc1ccccc1-c1c(C#N)c(N)nn1-c1ccccc1. The number of benzene rings is 2. The molecule has 0 spiro atoms. The number of para-hydroxylation sites is 1. The van der Waals surface area contributed by atoms with E-state index in [-0.39, 0.29) is 5.82 Å². The number of hydrogen-bond acceptors (Lipinski definition) is 3. The maximum Gasteiger partial charge on any atom is 0.164 e. The maximum absolute atomic E-state index is 9.43. The zero-order chi connectivity index (χ0) is 14.8. The van der Waals surface area contributed by atoms with Crippen LogP contribution in [0.15, 0.2) is 54.6 Å². The molecule has 0 saturated carbocycles. The summed E-state index contributed by atoms with van der Waals surface area (Å²) in [5.41, 5.74) is 9.98. The van der Waals surface area contributed by atoms with Crippen molar-refractivity contribution in [3.63, 3.8) is 0 Å².